The Morgan fingerprint density at radius 3 is 2.56 bits per heavy atom. The van der Waals surface area contributed by atoms with Crippen LogP contribution >= 0.6 is 0 Å². The Hall–Kier alpha value is -3.34. The Balaban J connectivity index is 1.78. The van der Waals surface area contributed by atoms with Gasteiger partial charge >= 0.3 is 0 Å². The summed E-state index contributed by atoms with van der Waals surface area (Å²) in [6.07, 6.45) is 3.27. The zero-order valence-corrected chi connectivity index (χ0v) is 15.8. The van der Waals surface area contributed by atoms with E-state index in [1.807, 2.05) is 80.1 Å². The maximum Gasteiger partial charge on any atom is 0.248 e. The quantitative estimate of drug-likeness (QED) is 0.656. The van der Waals surface area contributed by atoms with Crippen LogP contribution in [0.5, 0.6) is 5.75 Å². The average molecular weight is 361 g/mol. The third kappa shape index (κ3) is 4.26. The molecule has 0 bridgehead atoms. The van der Waals surface area contributed by atoms with Gasteiger partial charge in [0.1, 0.15) is 5.75 Å². The third-order valence-corrected chi connectivity index (χ3v) is 4.17. The molecule has 3 aromatic rings. The van der Waals surface area contributed by atoms with Gasteiger partial charge in [-0.05, 0) is 45.0 Å². The van der Waals surface area contributed by atoms with Gasteiger partial charge in [-0.2, -0.15) is 5.10 Å². The summed E-state index contributed by atoms with van der Waals surface area (Å²) in [6, 6.07) is 17.5. The van der Waals surface area contributed by atoms with E-state index in [0.717, 1.165) is 34.1 Å². The number of hydrogen-bond donors (Lipinski definition) is 1. The Labute approximate surface area is 159 Å². The van der Waals surface area contributed by atoms with Crippen LogP contribution in [0.4, 0.5) is 5.69 Å². The number of benzene rings is 2. The lowest BCUT2D eigenvalue weighted by Gasteiger charge is -2.07. The molecule has 138 valence electrons. The highest BCUT2D eigenvalue weighted by molar-refractivity contribution is 6.02. The third-order valence-electron chi connectivity index (χ3n) is 4.17. The van der Waals surface area contributed by atoms with Crippen LogP contribution in [0.15, 0.2) is 60.7 Å². The fourth-order valence-electron chi connectivity index (χ4n) is 2.88. The Morgan fingerprint density at radius 1 is 1.11 bits per heavy atom. The molecule has 0 aliphatic heterocycles. The predicted octanol–water partition coefficient (Wildman–Crippen LogP) is 4.54. The molecule has 0 aliphatic carbocycles. The van der Waals surface area contributed by atoms with Crippen molar-refractivity contribution in [2.75, 3.05) is 11.9 Å². The first-order valence-electron chi connectivity index (χ1n) is 8.92. The van der Waals surface area contributed by atoms with Crippen LogP contribution in [-0.4, -0.2) is 22.3 Å². The first-order valence-corrected chi connectivity index (χ1v) is 8.92. The van der Waals surface area contributed by atoms with Crippen molar-refractivity contribution >= 4 is 17.7 Å². The van der Waals surface area contributed by atoms with Gasteiger partial charge in [0, 0.05) is 11.6 Å². The summed E-state index contributed by atoms with van der Waals surface area (Å²) in [5.74, 6) is 0.549. The van der Waals surface area contributed by atoms with Gasteiger partial charge in [-0.1, -0.05) is 36.4 Å². The van der Waals surface area contributed by atoms with Crippen LogP contribution in [0.3, 0.4) is 0 Å². The topological polar surface area (TPSA) is 56.1 Å². The summed E-state index contributed by atoms with van der Waals surface area (Å²) in [5.41, 5.74) is 4.21. The van der Waals surface area contributed by atoms with Gasteiger partial charge in [-0.15, -0.1) is 0 Å². The van der Waals surface area contributed by atoms with E-state index in [-0.39, 0.29) is 5.91 Å². The molecule has 0 unspecified atom stereocenters. The van der Waals surface area contributed by atoms with Gasteiger partial charge in [-0.3, -0.25) is 4.79 Å². The number of aromatic nitrogens is 2. The van der Waals surface area contributed by atoms with Crippen LogP contribution in [-0.2, 0) is 4.79 Å². The molecule has 1 heterocycles. The lowest BCUT2D eigenvalue weighted by atomic mass is 10.2. The molecular formula is C22H23N3O2. The van der Waals surface area contributed by atoms with Crippen molar-refractivity contribution < 1.29 is 9.53 Å². The van der Waals surface area contributed by atoms with Gasteiger partial charge < -0.3 is 10.1 Å². The van der Waals surface area contributed by atoms with Crippen LogP contribution in [0.25, 0.3) is 11.8 Å². The second-order valence-electron chi connectivity index (χ2n) is 6.09. The normalized spacial score (nSPS) is 10.9. The minimum absolute atomic E-state index is 0.208. The van der Waals surface area contributed by atoms with Gasteiger partial charge in [0.2, 0.25) is 5.91 Å². The Morgan fingerprint density at radius 2 is 1.81 bits per heavy atom. The fraction of sp³-hybridized carbons (Fsp3) is 0.182. The molecule has 27 heavy (non-hydrogen) atoms. The van der Waals surface area contributed by atoms with Crippen molar-refractivity contribution in [1.82, 2.24) is 9.78 Å². The number of nitrogens with one attached hydrogen (secondary N) is 1. The van der Waals surface area contributed by atoms with Gasteiger partial charge in [-0.25, -0.2) is 4.68 Å². The molecule has 0 aliphatic rings. The highest BCUT2D eigenvalue weighted by Crippen LogP contribution is 2.23. The highest BCUT2D eigenvalue weighted by Gasteiger charge is 2.14. The molecule has 0 saturated heterocycles. The maximum atomic E-state index is 12.4. The summed E-state index contributed by atoms with van der Waals surface area (Å²) in [4.78, 5) is 12.4. The van der Waals surface area contributed by atoms with E-state index in [0.29, 0.717) is 6.61 Å². The summed E-state index contributed by atoms with van der Waals surface area (Å²) in [5, 5.41) is 7.49. The van der Waals surface area contributed by atoms with Crippen LogP contribution in [0.1, 0.15) is 23.9 Å². The molecule has 0 saturated carbocycles. The SMILES string of the molecule is CCOc1ccccc1/C=C/C(=O)Nc1c(C)nn(-c2ccccc2)c1C. The molecule has 5 nitrogen and oxygen atoms in total. The second kappa shape index (κ2) is 8.36. The smallest absolute Gasteiger partial charge is 0.248 e. The summed E-state index contributed by atoms with van der Waals surface area (Å²) >= 11 is 0. The van der Waals surface area contributed by atoms with Crippen LogP contribution < -0.4 is 10.1 Å². The zero-order chi connectivity index (χ0) is 19.2. The largest absolute Gasteiger partial charge is 0.493 e. The van der Waals surface area contributed by atoms with Crippen molar-refractivity contribution in [3.8, 4) is 11.4 Å². The standard InChI is InChI=1S/C22H23N3O2/c1-4-27-20-13-9-8-10-18(20)14-15-21(26)23-22-16(2)24-25(17(22)3)19-11-6-5-7-12-19/h5-15H,4H2,1-3H3,(H,23,26)/b15-14+. The first kappa shape index (κ1) is 18.5. The molecule has 0 fully saturated rings. The van der Waals surface area contributed by atoms with E-state index in [2.05, 4.69) is 10.4 Å². The number of anilines is 1. The monoisotopic (exact) mass is 361 g/mol. The number of carbonyl (C=O) groups is 1. The van der Waals surface area contributed by atoms with Gasteiger partial charge in [0.15, 0.2) is 0 Å². The second-order valence-corrected chi connectivity index (χ2v) is 6.09. The van der Waals surface area contributed by atoms with Crippen molar-refractivity contribution in [1.29, 1.82) is 0 Å². The highest BCUT2D eigenvalue weighted by atomic mass is 16.5. The van der Waals surface area contributed by atoms with Gasteiger partial charge in [0.25, 0.3) is 0 Å². The molecule has 1 aromatic heterocycles. The molecule has 0 spiro atoms. The minimum atomic E-state index is -0.208. The number of rotatable bonds is 6. The Kier molecular flexibility index (Phi) is 5.71. The number of carbonyl (C=O) groups excluding carboxylic acids is 1. The first-order chi connectivity index (χ1) is 13.1. The number of amides is 1. The average Bonchev–Trinajstić information content (AvgIpc) is 2.96. The minimum Gasteiger partial charge on any atom is -0.493 e. The van der Waals surface area contributed by atoms with Crippen molar-refractivity contribution in [2.45, 2.75) is 20.8 Å². The number of aryl methyl sites for hydroxylation is 1. The van der Waals surface area contributed by atoms with Crippen LogP contribution in [0.2, 0.25) is 0 Å². The summed E-state index contributed by atoms with van der Waals surface area (Å²) in [6.45, 7) is 6.34. The molecule has 0 atom stereocenters. The molecule has 0 radical (unpaired) electrons. The van der Waals surface area contributed by atoms with E-state index < -0.39 is 0 Å². The number of para-hydroxylation sites is 2. The zero-order valence-electron chi connectivity index (χ0n) is 15.8. The maximum absolute atomic E-state index is 12.4. The lowest BCUT2D eigenvalue weighted by molar-refractivity contribution is -0.111. The van der Waals surface area contributed by atoms with E-state index in [1.54, 1.807) is 6.08 Å². The van der Waals surface area contributed by atoms with E-state index in [1.165, 1.54) is 6.08 Å². The summed E-state index contributed by atoms with van der Waals surface area (Å²) in [7, 11) is 0. The molecule has 2 aromatic carbocycles. The number of nitrogens with zero attached hydrogens (tertiary/aromatic N) is 2. The molecule has 1 amide bonds. The van der Waals surface area contributed by atoms with Crippen molar-refractivity contribution in [3.05, 3.63) is 77.6 Å². The molecular weight excluding hydrogens is 338 g/mol. The van der Waals surface area contributed by atoms with E-state index in [4.69, 9.17) is 4.74 Å². The van der Waals surface area contributed by atoms with E-state index in [9.17, 15) is 4.79 Å². The lowest BCUT2D eigenvalue weighted by Crippen LogP contribution is -2.09. The van der Waals surface area contributed by atoms with Crippen molar-refractivity contribution in [3.63, 3.8) is 0 Å². The number of hydrogen-bond acceptors (Lipinski definition) is 3. The Bertz CT molecular complexity index is 959. The van der Waals surface area contributed by atoms with Gasteiger partial charge in [0.05, 0.1) is 29.4 Å². The predicted molar refractivity (Wildman–Crippen MR) is 108 cm³/mol. The van der Waals surface area contributed by atoms with Crippen LogP contribution in [0, 0.1) is 13.8 Å². The van der Waals surface area contributed by atoms with Crippen molar-refractivity contribution in [2.24, 2.45) is 0 Å². The fourth-order valence-corrected chi connectivity index (χ4v) is 2.88. The number of ether oxygens (including phenoxy) is 1. The molecule has 1 N–H and O–H groups in total. The molecule has 3 rings (SSSR count). The summed E-state index contributed by atoms with van der Waals surface area (Å²) < 4.78 is 7.41. The molecule has 5 heteroatoms. The van der Waals surface area contributed by atoms with E-state index >= 15 is 0 Å².